The summed E-state index contributed by atoms with van der Waals surface area (Å²) in [5.74, 6) is 0.696. The fourth-order valence-corrected chi connectivity index (χ4v) is 5.16. The van der Waals surface area contributed by atoms with E-state index < -0.39 is 17.5 Å². The van der Waals surface area contributed by atoms with Gasteiger partial charge in [0.05, 0.1) is 5.56 Å². The Balaban J connectivity index is 1.55. The minimum Gasteiger partial charge on any atom is -0.207 e. The van der Waals surface area contributed by atoms with E-state index in [1.54, 1.807) is 0 Å². The largest absolute Gasteiger partial charge is 0.207 e. The van der Waals surface area contributed by atoms with Crippen LogP contribution in [-0.4, -0.2) is 0 Å². The van der Waals surface area contributed by atoms with Crippen LogP contribution in [0, 0.1) is 35.2 Å². The molecule has 27 heavy (non-hydrogen) atoms. The minimum absolute atomic E-state index is 0.0704. The molecule has 2 aliphatic rings. The summed E-state index contributed by atoms with van der Waals surface area (Å²) in [5.41, 5.74) is 1.06. The first-order chi connectivity index (χ1) is 13.0. The second-order valence-electron chi connectivity index (χ2n) is 8.21. The lowest BCUT2D eigenvalue weighted by molar-refractivity contribution is 0.133. The third kappa shape index (κ3) is 3.69. The molecule has 0 aliphatic heterocycles. The van der Waals surface area contributed by atoms with Gasteiger partial charge >= 0.3 is 0 Å². The molecule has 4 atom stereocenters. The highest BCUT2D eigenvalue weighted by Crippen LogP contribution is 2.48. The average Bonchev–Trinajstić information content (AvgIpc) is 2.68. The Morgan fingerprint density at radius 1 is 0.815 bits per heavy atom. The molecular formula is C24H25F3. The first kappa shape index (κ1) is 18.3. The van der Waals surface area contributed by atoms with Gasteiger partial charge in [-0.15, -0.1) is 6.58 Å². The second-order valence-corrected chi connectivity index (χ2v) is 8.21. The van der Waals surface area contributed by atoms with E-state index in [2.05, 4.69) is 12.7 Å². The summed E-state index contributed by atoms with van der Waals surface area (Å²) in [6.45, 7) is 3.94. The van der Waals surface area contributed by atoms with E-state index in [0.717, 1.165) is 30.7 Å². The van der Waals surface area contributed by atoms with Crippen LogP contribution in [0.15, 0.2) is 49.1 Å². The van der Waals surface area contributed by atoms with Crippen molar-refractivity contribution in [2.75, 3.05) is 0 Å². The van der Waals surface area contributed by atoms with Gasteiger partial charge < -0.3 is 0 Å². The molecule has 3 heteroatoms. The standard InChI is InChI=1S/C24H25F3/c1-2-15-3-4-18-12-19(6-5-17(18)11-15)20-13-22(26)24(23(27)14-20)16-7-9-21(25)10-8-16/h2,7-10,13-15,17-19H,1,3-6,11-12H2. The first-order valence-corrected chi connectivity index (χ1v) is 9.92. The summed E-state index contributed by atoms with van der Waals surface area (Å²) >= 11 is 0. The van der Waals surface area contributed by atoms with Crippen molar-refractivity contribution >= 4 is 0 Å². The quantitative estimate of drug-likeness (QED) is 0.499. The van der Waals surface area contributed by atoms with Gasteiger partial charge in [-0.2, -0.15) is 0 Å². The topological polar surface area (TPSA) is 0 Å². The van der Waals surface area contributed by atoms with E-state index in [9.17, 15) is 13.2 Å². The van der Waals surface area contributed by atoms with Gasteiger partial charge in [-0.05, 0) is 97.6 Å². The van der Waals surface area contributed by atoms with Crippen LogP contribution in [0.25, 0.3) is 11.1 Å². The predicted octanol–water partition coefficient (Wildman–Crippen LogP) is 7.26. The lowest BCUT2D eigenvalue weighted by Crippen LogP contribution is -2.30. The zero-order chi connectivity index (χ0) is 19.0. The van der Waals surface area contributed by atoms with Crippen molar-refractivity contribution in [3.63, 3.8) is 0 Å². The van der Waals surface area contributed by atoms with E-state index in [1.807, 2.05) is 0 Å². The molecule has 4 unspecified atom stereocenters. The third-order valence-corrected chi connectivity index (χ3v) is 6.66. The Labute approximate surface area is 159 Å². The van der Waals surface area contributed by atoms with E-state index in [1.165, 1.54) is 55.7 Å². The van der Waals surface area contributed by atoms with Crippen molar-refractivity contribution in [2.45, 2.75) is 44.4 Å². The molecule has 4 rings (SSSR count). The highest BCUT2D eigenvalue weighted by molar-refractivity contribution is 5.65. The number of halogens is 3. The fourth-order valence-electron chi connectivity index (χ4n) is 5.16. The van der Waals surface area contributed by atoms with Gasteiger partial charge in [0.25, 0.3) is 0 Å². The second kappa shape index (κ2) is 7.53. The third-order valence-electron chi connectivity index (χ3n) is 6.66. The van der Waals surface area contributed by atoms with Crippen molar-refractivity contribution in [2.24, 2.45) is 17.8 Å². The normalized spacial score (nSPS) is 27.8. The molecule has 0 amide bonds. The predicted molar refractivity (Wildman–Crippen MR) is 103 cm³/mol. The molecule has 0 radical (unpaired) electrons. The Bertz CT molecular complexity index is 801. The first-order valence-electron chi connectivity index (χ1n) is 9.92. The Morgan fingerprint density at radius 3 is 2.11 bits per heavy atom. The van der Waals surface area contributed by atoms with Crippen molar-refractivity contribution in [3.05, 3.63) is 72.1 Å². The molecule has 2 aromatic carbocycles. The smallest absolute Gasteiger partial charge is 0.134 e. The molecule has 0 aromatic heterocycles. The summed E-state index contributed by atoms with van der Waals surface area (Å²) in [7, 11) is 0. The molecule has 2 aliphatic carbocycles. The number of fused-ring (bicyclic) bond motifs is 1. The summed E-state index contributed by atoms with van der Waals surface area (Å²) in [5, 5.41) is 0. The molecule has 0 spiro atoms. The van der Waals surface area contributed by atoms with Crippen LogP contribution in [-0.2, 0) is 0 Å². The van der Waals surface area contributed by atoms with Gasteiger partial charge in [-0.1, -0.05) is 18.2 Å². The summed E-state index contributed by atoms with van der Waals surface area (Å²) in [6.07, 6.45) is 8.81. The molecule has 0 bridgehead atoms. The molecule has 2 aromatic rings. The van der Waals surface area contributed by atoms with Gasteiger partial charge in [0.15, 0.2) is 0 Å². The number of benzene rings is 2. The fraction of sp³-hybridized carbons (Fsp3) is 0.417. The number of hydrogen-bond donors (Lipinski definition) is 0. The zero-order valence-corrected chi connectivity index (χ0v) is 15.4. The van der Waals surface area contributed by atoms with Gasteiger partial charge in [0.1, 0.15) is 17.5 Å². The highest BCUT2D eigenvalue weighted by atomic mass is 19.1. The summed E-state index contributed by atoms with van der Waals surface area (Å²) in [4.78, 5) is 0. The van der Waals surface area contributed by atoms with Crippen molar-refractivity contribution in [1.82, 2.24) is 0 Å². The number of rotatable bonds is 3. The Hall–Kier alpha value is -2.03. The van der Waals surface area contributed by atoms with E-state index >= 15 is 0 Å². The summed E-state index contributed by atoms with van der Waals surface area (Å²) in [6, 6.07) is 8.26. The summed E-state index contributed by atoms with van der Waals surface area (Å²) < 4.78 is 42.6. The van der Waals surface area contributed by atoms with Crippen LogP contribution in [0.2, 0.25) is 0 Å². The van der Waals surface area contributed by atoms with Crippen molar-refractivity contribution in [3.8, 4) is 11.1 Å². The van der Waals surface area contributed by atoms with E-state index in [0.29, 0.717) is 17.4 Å². The van der Waals surface area contributed by atoms with Gasteiger partial charge in [-0.3, -0.25) is 0 Å². The Kier molecular flexibility index (Phi) is 5.12. The highest BCUT2D eigenvalue weighted by Gasteiger charge is 2.35. The number of allylic oxidation sites excluding steroid dienone is 1. The van der Waals surface area contributed by atoms with Crippen LogP contribution in [0.4, 0.5) is 13.2 Å². The molecule has 0 saturated heterocycles. The molecule has 2 saturated carbocycles. The Morgan fingerprint density at radius 2 is 1.44 bits per heavy atom. The van der Waals surface area contributed by atoms with Crippen LogP contribution >= 0.6 is 0 Å². The van der Waals surface area contributed by atoms with Gasteiger partial charge in [0.2, 0.25) is 0 Å². The van der Waals surface area contributed by atoms with Crippen molar-refractivity contribution in [1.29, 1.82) is 0 Å². The van der Waals surface area contributed by atoms with E-state index in [-0.39, 0.29) is 11.5 Å². The monoisotopic (exact) mass is 370 g/mol. The molecule has 0 heterocycles. The zero-order valence-electron chi connectivity index (χ0n) is 15.4. The van der Waals surface area contributed by atoms with E-state index in [4.69, 9.17) is 0 Å². The molecule has 2 fully saturated rings. The molecule has 0 N–H and O–H groups in total. The van der Waals surface area contributed by atoms with Crippen LogP contribution in [0.3, 0.4) is 0 Å². The lowest BCUT2D eigenvalue weighted by Gasteiger charge is -2.41. The maximum atomic E-state index is 14.7. The lowest BCUT2D eigenvalue weighted by atomic mass is 9.64. The average molecular weight is 370 g/mol. The maximum absolute atomic E-state index is 14.7. The van der Waals surface area contributed by atoms with Crippen molar-refractivity contribution < 1.29 is 13.2 Å². The minimum atomic E-state index is -0.561. The maximum Gasteiger partial charge on any atom is 0.134 e. The molecule has 0 nitrogen and oxygen atoms in total. The molecule has 142 valence electrons. The van der Waals surface area contributed by atoms with Gasteiger partial charge in [-0.25, -0.2) is 13.2 Å². The van der Waals surface area contributed by atoms with Gasteiger partial charge in [0, 0.05) is 0 Å². The number of hydrogen-bond acceptors (Lipinski definition) is 0. The SMILES string of the molecule is C=CC1CCC2CC(c3cc(F)c(-c4ccc(F)cc4)c(F)c3)CCC2C1. The van der Waals surface area contributed by atoms with Crippen LogP contribution in [0.5, 0.6) is 0 Å². The molecular weight excluding hydrogens is 345 g/mol. The van der Waals surface area contributed by atoms with Crippen LogP contribution < -0.4 is 0 Å². The van der Waals surface area contributed by atoms with Crippen LogP contribution in [0.1, 0.15) is 50.0 Å².